The molecule has 4 aromatic rings. The third-order valence-electron chi connectivity index (χ3n) is 10.9. The van der Waals surface area contributed by atoms with Crippen molar-refractivity contribution < 1.29 is 22.3 Å². The molecular weight excluding hydrogens is 630 g/mol. The van der Waals surface area contributed by atoms with Crippen molar-refractivity contribution in [3.05, 3.63) is 40.7 Å². The number of nitrogens with one attached hydrogen (secondary N) is 1. The van der Waals surface area contributed by atoms with Gasteiger partial charge in [-0.15, -0.1) is 11.3 Å². The summed E-state index contributed by atoms with van der Waals surface area (Å²) in [5, 5.41) is 13.9. The number of ether oxygens (including phenoxy) is 1. The minimum absolute atomic E-state index is 0.0260. The quantitative estimate of drug-likeness (QED) is 0.247. The fraction of sp³-hybridized carbons (Fsp3) is 0.500. The van der Waals surface area contributed by atoms with E-state index in [4.69, 9.17) is 15.5 Å². The Bertz CT molecular complexity index is 1980. The van der Waals surface area contributed by atoms with Crippen LogP contribution in [0.3, 0.4) is 0 Å². The molecule has 0 aliphatic carbocycles. The van der Waals surface area contributed by atoms with Gasteiger partial charge in [0.25, 0.3) is 0 Å². The molecule has 8 nitrogen and oxygen atoms in total. The summed E-state index contributed by atoms with van der Waals surface area (Å²) in [5.74, 6) is -2.01. The van der Waals surface area contributed by atoms with Gasteiger partial charge < -0.3 is 20.7 Å². The first-order valence-electron chi connectivity index (χ1n) is 16.3. The van der Waals surface area contributed by atoms with Gasteiger partial charge in [0.1, 0.15) is 46.8 Å². The lowest BCUT2D eigenvalue weighted by molar-refractivity contribution is 0.107. The molecular formula is C34H35F4N7OS. The molecule has 0 saturated carbocycles. The summed E-state index contributed by atoms with van der Waals surface area (Å²) in [6.45, 7) is 6.65. The number of fused-ring (bicyclic) bond motifs is 4. The Kier molecular flexibility index (Phi) is 7.27. The van der Waals surface area contributed by atoms with Crippen molar-refractivity contribution in [3.63, 3.8) is 0 Å². The molecule has 8 rings (SSSR count). The third kappa shape index (κ3) is 4.59. The normalized spacial score (nSPS) is 27.2. The number of piperazine rings is 1. The number of rotatable bonds is 5. The van der Waals surface area contributed by atoms with E-state index in [0.717, 1.165) is 43.2 Å². The Morgan fingerprint density at radius 2 is 2.02 bits per heavy atom. The number of anilines is 2. The molecule has 0 radical (unpaired) electrons. The van der Waals surface area contributed by atoms with Gasteiger partial charge in [0, 0.05) is 49.1 Å². The van der Waals surface area contributed by atoms with Gasteiger partial charge >= 0.3 is 6.01 Å². The minimum Gasteiger partial charge on any atom is -0.461 e. The number of nitriles is 1. The molecule has 0 bridgehead atoms. The summed E-state index contributed by atoms with van der Waals surface area (Å²) in [7, 11) is 0. The Hall–Kier alpha value is -3.73. The van der Waals surface area contributed by atoms with Gasteiger partial charge in [-0.25, -0.2) is 17.6 Å². The molecule has 5 atom stereocenters. The van der Waals surface area contributed by atoms with Crippen LogP contribution in [-0.4, -0.2) is 71.4 Å². The topological polar surface area (TPSA) is 103 Å². The maximum Gasteiger partial charge on any atom is 0.319 e. The molecule has 2 aromatic carbocycles. The van der Waals surface area contributed by atoms with Crippen molar-refractivity contribution in [2.75, 3.05) is 43.4 Å². The minimum atomic E-state index is -0.949. The number of nitrogen functional groups attached to an aromatic ring is 1. The van der Waals surface area contributed by atoms with Gasteiger partial charge in [0.15, 0.2) is 5.82 Å². The lowest BCUT2D eigenvalue weighted by Gasteiger charge is -2.43. The fourth-order valence-electron chi connectivity index (χ4n) is 8.52. The van der Waals surface area contributed by atoms with Crippen LogP contribution in [0.5, 0.6) is 6.01 Å². The van der Waals surface area contributed by atoms with Crippen molar-refractivity contribution in [3.8, 4) is 23.2 Å². The molecule has 13 heteroatoms. The van der Waals surface area contributed by atoms with Crippen LogP contribution in [0.4, 0.5) is 28.4 Å². The predicted octanol–water partition coefficient (Wildman–Crippen LogP) is 6.09. The Morgan fingerprint density at radius 1 is 1.19 bits per heavy atom. The monoisotopic (exact) mass is 665 g/mol. The average molecular weight is 666 g/mol. The highest BCUT2D eigenvalue weighted by Crippen LogP contribution is 2.48. The van der Waals surface area contributed by atoms with Crippen molar-refractivity contribution in [2.45, 2.75) is 69.7 Å². The number of alkyl halides is 1. The van der Waals surface area contributed by atoms with E-state index in [9.17, 15) is 14.0 Å². The average Bonchev–Trinajstić information content (AvgIpc) is 3.68. The van der Waals surface area contributed by atoms with Crippen LogP contribution < -0.4 is 20.7 Å². The van der Waals surface area contributed by atoms with Crippen molar-refractivity contribution in [2.24, 2.45) is 5.92 Å². The van der Waals surface area contributed by atoms with E-state index in [1.54, 1.807) is 0 Å². The van der Waals surface area contributed by atoms with Crippen LogP contribution in [0.15, 0.2) is 12.1 Å². The highest BCUT2D eigenvalue weighted by Gasteiger charge is 2.49. The standard InChI is InChI=1S/C34H35F4N7OS/c1-3-18-14-45-23(12-41-18)16(2)9-20-26-29(42-33(43-32(26)45)46-15-34-7-4-8-44(34)13-17(35)10-34)28(38)25(27(20)37)19-5-6-22(36)30-24(19)21(11-39)31(40)47-30/h5-6,16-18,23,41H,3-4,7-10,12-15,40H2,1-2H3/t16-,17+,18+,23+,34-/m0/s1. The van der Waals surface area contributed by atoms with Crippen LogP contribution in [0.2, 0.25) is 0 Å². The summed E-state index contributed by atoms with van der Waals surface area (Å²) in [5.41, 5.74) is 5.37. The van der Waals surface area contributed by atoms with Gasteiger partial charge in [-0.05, 0) is 49.8 Å². The largest absolute Gasteiger partial charge is 0.461 e. The van der Waals surface area contributed by atoms with E-state index in [1.807, 2.05) is 13.0 Å². The summed E-state index contributed by atoms with van der Waals surface area (Å²) in [6, 6.07) is 4.47. The van der Waals surface area contributed by atoms with Crippen molar-refractivity contribution in [1.82, 2.24) is 20.2 Å². The SMILES string of the molecule is CC[C@@H]1CN2c3nc(OC[C@@]45CCCN4C[C@H](F)C5)nc4c(F)c(-c5ccc(F)c6sc(N)c(C#N)c56)c(F)c(c34)C[C@H](C)[C@H]2CN1. The predicted molar refractivity (Wildman–Crippen MR) is 174 cm³/mol. The van der Waals surface area contributed by atoms with Crippen LogP contribution in [-0.2, 0) is 6.42 Å². The van der Waals surface area contributed by atoms with E-state index in [0.29, 0.717) is 31.9 Å². The molecule has 3 fully saturated rings. The van der Waals surface area contributed by atoms with Crippen molar-refractivity contribution in [1.29, 1.82) is 5.26 Å². The number of halogens is 4. The van der Waals surface area contributed by atoms with Crippen LogP contribution >= 0.6 is 11.3 Å². The molecule has 6 heterocycles. The summed E-state index contributed by atoms with van der Waals surface area (Å²) in [6.07, 6.45) is 2.26. The number of thiophene rings is 1. The molecule has 246 valence electrons. The maximum atomic E-state index is 17.1. The first-order chi connectivity index (χ1) is 22.6. The number of benzene rings is 2. The first-order valence-corrected chi connectivity index (χ1v) is 17.1. The first kappa shape index (κ1) is 30.6. The van der Waals surface area contributed by atoms with Gasteiger partial charge in [0.2, 0.25) is 0 Å². The number of nitrogens with two attached hydrogens (primary N) is 1. The Labute approximate surface area is 273 Å². The Balaban J connectivity index is 1.36. The lowest BCUT2D eigenvalue weighted by Crippen LogP contribution is -2.58. The van der Waals surface area contributed by atoms with Crippen LogP contribution in [0, 0.1) is 34.7 Å². The van der Waals surface area contributed by atoms with Gasteiger partial charge in [-0.1, -0.05) is 19.9 Å². The Morgan fingerprint density at radius 3 is 2.81 bits per heavy atom. The number of aromatic nitrogens is 2. The second-order valence-electron chi connectivity index (χ2n) is 13.6. The van der Waals surface area contributed by atoms with E-state index < -0.39 is 34.7 Å². The van der Waals surface area contributed by atoms with E-state index in [1.165, 1.54) is 6.07 Å². The molecule has 4 aliphatic rings. The van der Waals surface area contributed by atoms with Crippen molar-refractivity contribution >= 4 is 43.1 Å². The number of hydrogen-bond donors (Lipinski definition) is 2. The zero-order valence-electron chi connectivity index (χ0n) is 26.2. The summed E-state index contributed by atoms with van der Waals surface area (Å²) < 4.78 is 70.0. The van der Waals surface area contributed by atoms with E-state index in [-0.39, 0.29) is 79.7 Å². The molecule has 0 spiro atoms. The number of nitrogens with zero attached hydrogens (tertiary/aromatic N) is 5. The van der Waals surface area contributed by atoms with Gasteiger partial charge in [-0.2, -0.15) is 15.2 Å². The third-order valence-corrected chi connectivity index (χ3v) is 11.9. The highest BCUT2D eigenvalue weighted by atomic mass is 32.1. The van der Waals surface area contributed by atoms with Crippen LogP contribution in [0.25, 0.3) is 32.1 Å². The molecule has 0 amide bonds. The second-order valence-corrected chi connectivity index (χ2v) is 14.6. The molecule has 4 aliphatic heterocycles. The zero-order chi connectivity index (χ0) is 32.8. The van der Waals surface area contributed by atoms with Gasteiger partial charge in [-0.3, -0.25) is 4.90 Å². The molecule has 3 saturated heterocycles. The lowest BCUT2D eigenvalue weighted by atomic mass is 9.89. The fourth-order valence-corrected chi connectivity index (χ4v) is 9.47. The smallest absolute Gasteiger partial charge is 0.319 e. The van der Waals surface area contributed by atoms with Gasteiger partial charge in [0.05, 0.1) is 26.8 Å². The molecule has 2 aromatic heterocycles. The molecule has 47 heavy (non-hydrogen) atoms. The van der Waals surface area contributed by atoms with E-state index in [2.05, 4.69) is 27.0 Å². The molecule has 3 N–H and O–H groups in total. The number of hydrogen-bond acceptors (Lipinski definition) is 9. The van der Waals surface area contributed by atoms with E-state index >= 15 is 8.78 Å². The second kappa shape index (κ2) is 11.2. The maximum absolute atomic E-state index is 17.1. The summed E-state index contributed by atoms with van der Waals surface area (Å²) in [4.78, 5) is 13.7. The zero-order valence-corrected chi connectivity index (χ0v) is 27.0. The summed E-state index contributed by atoms with van der Waals surface area (Å²) >= 11 is 0.871. The molecule has 0 unspecified atom stereocenters. The van der Waals surface area contributed by atoms with Crippen LogP contribution in [0.1, 0.15) is 50.7 Å². The highest BCUT2D eigenvalue weighted by molar-refractivity contribution is 7.23.